The maximum atomic E-state index is 12.5. The summed E-state index contributed by atoms with van der Waals surface area (Å²) in [6, 6.07) is 8.10. The van der Waals surface area contributed by atoms with Crippen LogP contribution in [0, 0.1) is 12.1 Å². The smallest absolute Gasteiger partial charge is 0.321 e. The van der Waals surface area contributed by atoms with Crippen LogP contribution in [0.25, 0.3) is 10.9 Å². The lowest BCUT2D eigenvalue weighted by molar-refractivity contribution is -0.614. The van der Waals surface area contributed by atoms with Crippen LogP contribution in [0.1, 0.15) is 35.8 Å². The summed E-state index contributed by atoms with van der Waals surface area (Å²) >= 11 is 0. The molecule has 0 bridgehead atoms. The standard InChI is InChI=1S/C18H20N4O4/c1-4-17(23)21-10-12-8-14(16(26-3)9-13(12)20-21)19-18(24)15-7-5-6-11(2)22(15)25/h5-10,17,23H,4H2,1-3H3,(H,19,24). The van der Waals surface area contributed by atoms with Crippen molar-refractivity contribution < 1.29 is 19.4 Å². The molecular formula is C18H20N4O4. The Hall–Kier alpha value is -3.13. The molecule has 2 heterocycles. The maximum absolute atomic E-state index is 12.5. The molecule has 1 unspecified atom stereocenters. The topological polar surface area (TPSA) is 103 Å². The van der Waals surface area contributed by atoms with Gasteiger partial charge in [-0.15, -0.1) is 0 Å². The van der Waals surface area contributed by atoms with Crippen LogP contribution in [0.2, 0.25) is 0 Å². The average molecular weight is 356 g/mol. The molecule has 0 aliphatic heterocycles. The molecule has 0 saturated heterocycles. The summed E-state index contributed by atoms with van der Waals surface area (Å²) in [6.45, 7) is 3.48. The predicted octanol–water partition coefficient (Wildman–Crippen LogP) is 2.14. The van der Waals surface area contributed by atoms with E-state index < -0.39 is 12.1 Å². The molecule has 0 fully saturated rings. The molecule has 0 spiro atoms. The van der Waals surface area contributed by atoms with Crippen LogP contribution in [-0.4, -0.2) is 27.9 Å². The molecule has 1 atom stereocenters. The minimum absolute atomic E-state index is 0.00995. The Morgan fingerprint density at radius 3 is 2.92 bits per heavy atom. The Bertz CT molecular complexity index is 967. The minimum Gasteiger partial charge on any atom is -0.618 e. The number of aryl methyl sites for hydroxylation is 1. The second-order valence-electron chi connectivity index (χ2n) is 5.91. The number of amides is 1. The van der Waals surface area contributed by atoms with Gasteiger partial charge in [0.15, 0.2) is 5.69 Å². The van der Waals surface area contributed by atoms with Crippen molar-refractivity contribution in [2.24, 2.45) is 0 Å². The molecule has 3 aromatic rings. The van der Waals surface area contributed by atoms with Gasteiger partial charge in [0.25, 0.3) is 5.69 Å². The summed E-state index contributed by atoms with van der Waals surface area (Å²) in [7, 11) is 1.48. The number of aliphatic hydroxyl groups is 1. The van der Waals surface area contributed by atoms with Crippen LogP contribution in [0.4, 0.5) is 5.69 Å². The number of nitrogens with zero attached hydrogens (tertiary/aromatic N) is 3. The first-order valence-corrected chi connectivity index (χ1v) is 8.20. The summed E-state index contributed by atoms with van der Waals surface area (Å²) in [5, 5.41) is 29.8. The molecule has 2 N–H and O–H groups in total. The number of nitrogens with one attached hydrogen (secondary N) is 1. The van der Waals surface area contributed by atoms with Crippen molar-refractivity contribution in [3.63, 3.8) is 0 Å². The van der Waals surface area contributed by atoms with Crippen molar-refractivity contribution >= 4 is 22.5 Å². The highest BCUT2D eigenvalue weighted by molar-refractivity contribution is 6.04. The van der Waals surface area contributed by atoms with Crippen molar-refractivity contribution in [1.29, 1.82) is 0 Å². The zero-order valence-corrected chi connectivity index (χ0v) is 14.8. The van der Waals surface area contributed by atoms with Gasteiger partial charge in [-0.2, -0.15) is 9.83 Å². The van der Waals surface area contributed by atoms with E-state index in [-0.39, 0.29) is 5.69 Å². The number of pyridine rings is 1. The Labute approximate surface area is 150 Å². The molecule has 0 saturated carbocycles. The van der Waals surface area contributed by atoms with Gasteiger partial charge in [-0.1, -0.05) is 6.92 Å². The molecule has 0 aliphatic carbocycles. The number of hydrogen-bond acceptors (Lipinski definition) is 5. The fourth-order valence-corrected chi connectivity index (χ4v) is 2.64. The summed E-state index contributed by atoms with van der Waals surface area (Å²) < 4.78 is 7.37. The average Bonchev–Trinajstić information content (AvgIpc) is 3.05. The van der Waals surface area contributed by atoms with Crippen LogP contribution in [0.15, 0.2) is 36.5 Å². The fourth-order valence-electron chi connectivity index (χ4n) is 2.64. The van der Waals surface area contributed by atoms with E-state index in [9.17, 15) is 15.1 Å². The molecule has 1 aromatic carbocycles. The number of carbonyl (C=O) groups excluding carboxylic acids is 1. The van der Waals surface area contributed by atoms with E-state index >= 15 is 0 Å². The van der Waals surface area contributed by atoms with Gasteiger partial charge in [0, 0.05) is 36.7 Å². The van der Waals surface area contributed by atoms with Gasteiger partial charge >= 0.3 is 5.91 Å². The third kappa shape index (κ3) is 3.18. The third-order valence-corrected chi connectivity index (χ3v) is 4.13. The highest BCUT2D eigenvalue weighted by atomic mass is 16.5. The van der Waals surface area contributed by atoms with Gasteiger partial charge in [-0.25, -0.2) is 4.68 Å². The second-order valence-corrected chi connectivity index (χ2v) is 5.91. The monoisotopic (exact) mass is 356 g/mol. The lowest BCUT2D eigenvalue weighted by Gasteiger charge is -2.11. The number of rotatable bonds is 5. The Morgan fingerprint density at radius 2 is 2.23 bits per heavy atom. The Kier molecular flexibility index (Phi) is 4.77. The fraction of sp³-hybridized carbons (Fsp3) is 0.278. The number of anilines is 1. The number of aliphatic hydroxyl groups excluding tert-OH is 1. The molecule has 8 nitrogen and oxygen atoms in total. The van der Waals surface area contributed by atoms with E-state index in [0.29, 0.717) is 33.8 Å². The van der Waals surface area contributed by atoms with Crippen molar-refractivity contribution in [1.82, 2.24) is 9.78 Å². The largest absolute Gasteiger partial charge is 0.618 e. The molecule has 2 aromatic heterocycles. The van der Waals surface area contributed by atoms with Gasteiger partial charge < -0.3 is 20.4 Å². The predicted molar refractivity (Wildman–Crippen MR) is 95.9 cm³/mol. The van der Waals surface area contributed by atoms with Crippen LogP contribution in [0.5, 0.6) is 5.75 Å². The molecule has 1 amide bonds. The minimum atomic E-state index is -0.724. The molecule has 26 heavy (non-hydrogen) atoms. The normalized spacial score (nSPS) is 12.2. The number of methoxy groups -OCH3 is 1. The van der Waals surface area contributed by atoms with Crippen LogP contribution in [-0.2, 0) is 0 Å². The van der Waals surface area contributed by atoms with E-state index in [0.717, 1.165) is 5.39 Å². The van der Waals surface area contributed by atoms with Crippen LogP contribution in [0.3, 0.4) is 0 Å². The lowest BCUT2D eigenvalue weighted by Crippen LogP contribution is -2.39. The number of ether oxygens (including phenoxy) is 1. The zero-order valence-electron chi connectivity index (χ0n) is 14.8. The quantitative estimate of drug-likeness (QED) is 0.538. The number of benzene rings is 1. The highest BCUT2D eigenvalue weighted by Crippen LogP contribution is 2.30. The molecule has 0 aliphatic rings. The van der Waals surface area contributed by atoms with Crippen LogP contribution < -0.4 is 14.8 Å². The van der Waals surface area contributed by atoms with E-state index in [4.69, 9.17) is 4.74 Å². The van der Waals surface area contributed by atoms with E-state index in [1.54, 1.807) is 37.4 Å². The van der Waals surface area contributed by atoms with Crippen LogP contribution >= 0.6 is 0 Å². The first-order chi connectivity index (χ1) is 12.4. The van der Waals surface area contributed by atoms with E-state index in [1.807, 2.05) is 6.92 Å². The summed E-state index contributed by atoms with van der Waals surface area (Å²) in [4.78, 5) is 12.5. The lowest BCUT2D eigenvalue weighted by atomic mass is 10.2. The second kappa shape index (κ2) is 7.01. The molecular weight excluding hydrogens is 336 g/mol. The third-order valence-electron chi connectivity index (χ3n) is 4.13. The Morgan fingerprint density at radius 1 is 1.46 bits per heavy atom. The van der Waals surface area contributed by atoms with Crippen molar-refractivity contribution in [3.8, 4) is 5.75 Å². The number of carbonyl (C=O) groups is 1. The molecule has 8 heteroatoms. The summed E-state index contributed by atoms with van der Waals surface area (Å²) in [5.74, 6) is -0.130. The van der Waals surface area contributed by atoms with Gasteiger partial charge in [0.1, 0.15) is 12.0 Å². The van der Waals surface area contributed by atoms with Crippen molar-refractivity contribution in [2.45, 2.75) is 26.5 Å². The maximum Gasteiger partial charge on any atom is 0.321 e. The highest BCUT2D eigenvalue weighted by Gasteiger charge is 2.20. The van der Waals surface area contributed by atoms with Gasteiger partial charge in [0.2, 0.25) is 0 Å². The SMILES string of the molecule is CCC(O)n1cc2cc(NC(=O)c3cccc(C)[n+]3[O-])c(OC)cc2n1. The molecule has 3 rings (SSSR count). The van der Waals surface area contributed by atoms with Gasteiger partial charge in [-0.3, -0.25) is 4.79 Å². The first-order valence-electron chi connectivity index (χ1n) is 8.20. The molecule has 136 valence electrons. The number of hydrogen-bond donors (Lipinski definition) is 2. The Balaban J connectivity index is 1.98. The summed E-state index contributed by atoms with van der Waals surface area (Å²) in [5.41, 5.74) is 1.46. The zero-order chi connectivity index (χ0) is 18.8. The number of aromatic nitrogens is 3. The number of fused-ring (bicyclic) bond motifs is 1. The first kappa shape index (κ1) is 17.7. The molecule has 0 radical (unpaired) electrons. The van der Waals surface area contributed by atoms with Crippen molar-refractivity contribution in [3.05, 3.63) is 53.1 Å². The summed E-state index contributed by atoms with van der Waals surface area (Å²) in [6.07, 6.45) is 1.49. The van der Waals surface area contributed by atoms with Gasteiger partial charge in [0.05, 0.1) is 18.3 Å². The van der Waals surface area contributed by atoms with Crippen molar-refractivity contribution in [2.75, 3.05) is 12.4 Å². The van der Waals surface area contributed by atoms with E-state index in [1.165, 1.54) is 17.9 Å². The van der Waals surface area contributed by atoms with Gasteiger partial charge in [-0.05, 0) is 18.6 Å². The van der Waals surface area contributed by atoms with E-state index in [2.05, 4.69) is 10.4 Å².